The lowest BCUT2D eigenvalue weighted by molar-refractivity contribution is -0.118. The summed E-state index contributed by atoms with van der Waals surface area (Å²) < 4.78 is 13.3. The summed E-state index contributed by atoms with van der Waals surface area (Å²) in [4.78, 5) is 27.8. The summed E-state index contributed by atoms with van der Waals surface area (Å²) in [6, 6.07) is 4.29. The largest absolute Gasteiger partial charge is 0.356 e. The Labute approximate surface area is 159 Å². The summed E-state index contributed by atoms with van der Waals surface area (Å²) in [5.74, 6) is 0.306. The number of aromatic nitrogens is 4. The third-order valence-corrected chi connectivity index (χ3v) is 3.86. The van der Waals surface area contributed by atoms with Gasteiger partial charge in [0, 0.05) is 25.7 Å². The molecule has 0 spiro atoms. The SMILES string of the molecule is CC(=O)NCCCNc1ncc2ncnc(Nc3ccc(F)c(Cl)c3)c2n1. The number of rotatable bonds is 7. The molecule has 140 valence electrons. The van der Waals surface area contributed by atoms with Crippen molar-refractivity contribution in [3.8, 4) is 0 Å². The highest BCUT2D eigenvalue weighted by Crippen LogP contribution is 2.25. The van der Waals surface area contributed by atoms with Crippen LogP contribution in [0, 0.1) is 5.82 Å². The average molecular weight is 390 g/mol. The molecule has 3 rings (SSSR count). The minimum atomic E-state index is -0.497. The van der Waals surface area contributed by atoms with Gasteiger partial charge in [-0.15, -0.1) is 0 Å². The van der Waals surface area contributed by atoms with Crippen LogP contribution in [-0.2, 0) is 4.79 Å². The predicted molar refractivity (Wildman–Crippen MR) is 102 cm³/mol. The van der Waals surface area contributed by atoms with E-state index in [4.69, 9.17) is 11.6 Å². The number of benzene rings is 1. The van der Waals surface area contributed by atoms with Crippen LogP contribution in [0.3, 0.4) is 0 Å². The highest BCUT2D eigenvalue weighted by molar-refractivity contribution is 6.31. The summed E-state index contributed by atoms with van der Waals surface area (Å²) in [6.45, 7) is 2.63. The second kappa shape index (κ2) is 8.54. The van der Waals surface area contributed by atoms with Crippen molar-refractivity contribution < 1.29 is 9.18 Å². The lowest BCUT2D eigenvalue weighted by atomic mass is 10.3. The van der Waals surface area contributed by atoms with Crippen LogP contribution in [0.1, 0.15) is 13.3 Å². The molecule has 2 aromatic heterocycles. The van der Waals surface area contributed by atoms with E-state index in [2.05, 4.69) is 35.9 Å². The van der Waals surface area contributed by atoms with Crippen LogP contribution in [0.5, 0.6) is 0 Å². The number of anilines is 3. The fourth-order valence-corrected chi connectivity index (χ4v) is 2.47. The van der Waals surface area contributed by atoms with Gasteiger partial charge in [-0.25, -0.2) is 24.3 Å². The number of fused-ring (bicyclic) bond motifs is 1. The van der Waals surface area contributed by atoms with E-state index in [1.165, 1.54) is 25.4 Å². The molecule has 0 atom stereocenters. The van der Waals surface area contributed by atoms with Crippen molar-refractivity contribution in [2.24, 2.45) is 0 Å². The number of nitrogens with one attached hydrogen (secondary N) is 3. The molecule has 0 unspecified atom stereocenters. The molecule has 10 heteroatoms. The summed E-state index contributed by atoms with van der Waals surface area (Å²) in [5, 5.41) is 8.88. The second-order valence-electron chi connectivity index (χ2n) is 5.67. The van der Waals surface area contributed by atoms with E-state index < -0.39 is 5.82 Å². The lowest BCUT2D eigenvalue weighted by Crippen LogP contribution is -2.22. The van der Waals surface area contributed by atoms with Crippen molar-refractivity contribution in [3.63, 3.8) is 0 Å². The number of carbonyl (C=O) groups excluding carboxylic acids is 1. The van der Waals surface area contributed by atoms with Crippen molar-refractivity contribution in [3.05, 3.63) is 41.6 Å². The van der Waals surface area contributed by atoms with E-state index in [0.717, 1.165) is 6.42 Å². The number of hydrogen-bond acceptors (Lipinski definition) is 7. The molecule has 0 saturated carbocycles. The highest BCUT2D eigenvalue weighted by atomic mass is 35.5. The van der Waals surface area contributed by atoms with Gasteiger partial charge in [0.1, 0.15) is 23.2 Å². The third-order valence-electron chi connectivity index (χ3n) is 3.57. The Morgan fingerprint density at radius 3 is 2.85 bits per heavy atom. The van der Waals surface area contributed by atoms with Crippen molar-refractivity contribution >= 4 is 46.0 Å². The maximum atomic E-state index is 13.3. The van der Waals surface area contributed by atoms with Crippen LogP contribution in [0.2, 0.25) is 5.02 Å². The lowest BCUT2D eigenvalue weighted by Gasteiger charge is -2.10. The highest BCUT2D eigenvalue weighted by Gasteiger charge is 2.09. The van der Waals surface area contributed by atoms with E-state index in [1.807, 2.05) is 0 Å². The number of amides is 1. The Bertz CT molecular complexity index is 969. The zero-order chi connectivity index (χ0) is 19.2. The Morgan fingerprint density at radius 1 is 1.22 bits per heavy atom. The Morgan fingerprint density at radius 2 is 2.07 bits per heavy atom. The zero-order valence-electron chi connectivity index (χ0n) is 14.5. The van der Waals surface area contributed by atoms with Crippen molar-refractivity contribution in [2.75, 3.05) is 23.7 Å². The molecule has 2 heterocycles. The molecule has 0 radical (unpaired) electrons. The molecule has 1 aromatic carbocycles. The van der Waals surface area contributed by atoms with E-state index >= 15 is 0 Å². The fraction of sp³-hybridized carbons (Fsp3) is 0.235. The molecule has 3 aromatic rings. The van der Waals surface area contributed by atoms with Crippen molar-refractivity contribution in [1.82, 2.24) is 25.3 Å². The first-order valence-electron chi connectivity index (χ1n) is 8.21. The molecule has 0 aliphatic heterocycles. The topological polar surface area (TPSA) is 105 Å². The van der Waals surface area contributed by atoms with E-state index in [1.54, 1.807) is 12.3 Å². The van der Waals surface area contributed by atoms with Crippen LogP contribution in [0.4, 0.5) is 21.8 Å². The first-order chi connectivity index (χ1) is 13.0. The summed E-state index contributed by atoms with van der Waals surface area (Å²) in [7, 11) is 0. The minimum Gasteiger partial charge on any atom is -0.356 e. The standard InChI is InChI=1S/C17H17ClFN7O/c1-10(27)20-5-2-6-21-17-22-8-14-15(26-17)16(24-9-23-14)25-11-3-4-13(19)12(18)7-11/h3-4,7-9H,2,5-6H2,1H3,(H,20,27)(H,21,22,26)(H,23,24,25). The van der Waals surface area contributed by atoms with Gasteiger partial charge in [0.15, 0.2) is 5.82 Å². The second-order valence-corrected chi connectivity index (χ2v) is 6.07. The molecular weight excluding hydrogens is 373 g/mol. The molecule has 3 N–H and O–H groups in total. The van der Waals surface area contributed by atoms with E-state index in [-0.39, 0.29) is 10.9 Å². The summed E-state index contributed by atoms with van der Waals surface area (Å²) in [6.07, 6.45) is 3.70. The van der Waals surface area contributed by atoms with E-state index in [0.29, 0.717) is 41.6 Å². The van der Waals surface area contributed by atoms with Crippen molar-refractivity contribution in [1.29, 1.82) is 0 Å². The van der Waals surface area contributed by atoms with Crippen LogP contribution in [0.25, 0.3) is 11.0 Å². The Hall–Kier alpha value is -3.07. The van der Waals surface area contributed by atoms with E-state index in [9.17, 15) is 9.18 Å². The maximum absolute atomic E-state index is 13.3. The van der Waals surface area contributed by atoms with Gasteiger partial charge in [-0.3, -0.25) is 4.79 Å². The Kier molecular flexibility index (Phi) is 5.92. The van der Waals surface area contributed by atoms with Gasteiger partial charge < -0.3 is 16.0 Å². The quantitative estimate of drug-likeness (QED) is 0.533. The Balaban J connectivity index is 1.75. The van der Waals surface area contributed by atoms with Gasteiger partial charge >= 0.3 is 0 Å². The van der Waals surface area contributed by atoms with Gasteiger partial charge in [-0.05, 0) is 24.6 Å². The van der Waals surface area contributed by atoms with Crippen LogP contribution in [-0.4, -0.2) is 38.9 Å². The van der Waals surface area contributed by atoms with Crippen LogP contribution < -0.4 is 16.0 Å². The molecule has 0 fully saturated rings. The monoisotopic (exact) mass is 389 g/mol. The minimum absolute atomic E-state index is 0.00881. The van der Waals surface area contributed by atoms with Gasteiger partial charge in [0.05, 0.1) is 11.2 Å². The third kappa shape index (κ3) is 4.98. The average Bonchev–Trinajstić information content (AvgIpc) is 2.64. The van der Waals surface area contributed by atoms with Crippen LogP contribution >= 0.6 is 11.6 Å². The maximum Gasteiger partial charge on any atom is 0.223 e. The molecule has 1 amide bonds. The first-order valence-corrected chi connectivity index (χ1v) is 8.59. The molecular formula is C17H17ClFN7O. The van der Waals surface area contributed by atoms with Crippen LogP contribution in [0.15, 0.2) is 30.7 Å². The normalized spacial score (nSPS) is 10.6. The van der Waals surface area contributed by atoms with Crippen molar-refractivity contribution in [2.45, 2.75) is 13.3 Å². The number of halogens is 2. The fourth-order valence-electron chi connectivity index (χ4n) is 2.29. The van der Waals surface area contributed by atoms with Gasteiger partial charge in [-0.2, -0.15) is 0 Å². The number of nitrogens with zero attached hydrogens (tertiary/aromatic N) is 4. The molecule has 0 aliphatic carbocycles. The molecule has 0 aliphatic rings. The number of hydrogen-bond donors (Lipinski definition) is 3. The molecule has 27 heavy (non-hydrogen) atoms. The summed E-state index contributed by atoms with van der Waals surface area (Å²) >= 11 is 5.82. The van der Waals surface area contributed by atoms with Gasteiger partial charge in [-0.1, -0.05) is 11.6 Å². The molecule has 8 nitrogen and oxygen atoms in total. The predicted octanol–water partition coefficient (Wildman–Crippen LogP) is 2.89. The van der Waals surface area contributed by atoms with Gasteiger partial charge in [0.2, 0.25) is 11.9 Å². The molecule has 0 saturated heterocycles. The molecule has 0 bridgehead atoms. The number of carbonyl (C=O) groups is 1. The zero-order valence-corrected chi connectivity index (χ0v) is 15.2. The smallest absolute Gasteiger partial charge is 0.223 e. The summed E-state index contributed by atoms with van der Waals surface area (Å²) in [5.41, 5.74) is 1.65. The van der Waals surface area contributed by atoms with Gasteiger partial charge in [0.25, 0.3) is 0 Å². The first kappa shape index (κ1) is 18.7.